The molecule has 0 radical (unpaired) electrons. The number of rotatable bonds is 3. The zero-order valence-electron chi connectivity index (χ0n) is 9.88. The molecule has 4 heteroatoms. The highest BCUT2D eigenvalue weighted by Crippen LogP contribution is 2.33. The lowest BCUT2D eigenvalue weighted by atomic mass is 9.94. The van der Waals surface area contributed by atoms with Gasteiger partial charge in [0.05, 0.1) is 0 Å². The topological polar surface area (TPSA) is 52.6 Å². The smallest absolute Gasteiger partial charge is 0.336 e. The normalized spacial score (nSPS) is 18.6. The fourth-order valence-electron chi connectivity index (χ4n) is 1.83. The molecule has 1 aliphatic rings. The Balaban J connectivity index is 2.73. The molecule has 1 rings (SSSR count). The molecule has 0 aromatic heterocycles. The molecule has 1 saturated carbocycles. The van der Waals surface area contributed by atoms with Gasteiger partial charge in [0.1, 0.15) is 0 Å². The van der Waals surface area contributed by atoms with E-state index in [9.17, 15) is 9.59 Å². The van der Waals surface area contributed by atoms with Gasteiger partial charge >= 0.3 is 11.9 Å². The molecule has 0 atom stereocenters. The van der Waals surface area contributed by atoms with E-state index in [4.69, 9.17) is 9.47 Å². The first kappa shape index (κ1) is 12.7. The fourth-order valence-corrected chi connectivity index (χ4v) is 1.83. The lowest BCUT2D eigenvalue weighted by Gasteiger charge is -2.35. The molecule has 0 spiro atoms. The van der Waals surface area contributed by atoms with Crippen LogP contribution in [-0.2, 0) is 19.1 Å². The van der Waals surface area contributed by atoms with Gasteiger partial charge in [-0.3, -0.25) is 4.79 Å². The average molecular weight is 226 g/mol. The predicted octanol–water partition coefficient (Wildman–Crippen LogP) is 2.33. The molecule has 0 aromatic carbocycles. The van der Waals surface area contributed by atoms with Crippen LogP contribution in [0.4, 0.5) is 0 Å². The number of hydrogen-bond acceptors (Lipinski definition) is 4. The van der Waals surface area contributed by atoms with Crippen molar-refractivity contribution in [1.29, 1.82) is 0 Å². The Labute approximate surface area is 95.6 Å². The second kappa shape index (κ2) is 5.14. The Morgan fingerprint density at radius 2 is 1.62 bits per heavy atom. The van der Waals surface area contributed by atoms with Gasteiger partial charge in [-0.05, 0) is 19.8 Å². The van der Waals surface area contributed by atoms with Gasteiger partial charge in [0.2, 0.25) is 0 Å². The van der Waals surface area contributed by atoms with Gasteiger partial charge in [-0.2, -0.15) is 0 Å². The van der Waals surface area contributed by atoms with Crippen LogP contribution >= 0.6 is 0 Å². The predicted molar refractivity (Wildman–Crippen MR) is 58.5 cm³/mol. The summed E-state index contributed by atoms with van der Waals surface area (Å²) in [5.74, 6) is -1.97. The van der Waals surface area contributed by atoms with Crippen LogP contribution in [0.1, 0.15) is 46.0 Å². The van der Waals surface area contributed by atoms with Crippen LogP contribution in [-0.4, -0.2) is 17.7 Å². The van der Waals surface area contributed by atoms with Gasteiger partial charge in [-0.25, -0.2) is 4.79 Å². The molecule has 0 unspecified atom stereocenters. The first-order valence-corrected chi connectivity index (χ1v) is 5.54. The van der Waals surface area contributed by atoms with Crippen molar-refractivity contribution in [1.82, 2.24) is 0 Å². The van der Waals surface area contributed by atoms with Crippen LogP contribution in [0.3, 0.4) is 0 Å². The first-order chi connectivity index (χ1) is 7.45. The molecule has 0 aliphatic heterocycles. The Kier molecular flexibility index (Phi) is 4.10. The summed E-state index contributed by atoms with van der Waals surface area (Å²) in [6.07, 6.45) is 4.03. The SMILES string of the molecule is C=C(C)C(=O)OC1(OC(C)=O)CCCCC1. The summed E-state index contributed by atoms with van der Waals surface area (Å²) >= 11 is 0. The van der Waals surface area contributed by atoms with Crippen LogP contribution in [0.15, 0.2) is 12.2 Å². The Morgan fingerprint density at radius 3 is 2.06 bits per heavy atom. The minimum Gasteiger partial charge on any atom is -0.423 e. The molecule has 0 N–H and O–H groups in total. The number of ether oxygens (including phenoxy) is 2. The summed E-state index contributed by atoms with van der Waals surface area (Å²) in [7, 11) is 0. The van der Waals surface area contributed by atoms with Crippen molar-refractivity contribution in [3.05, 3.63) is 12.2 Å². The van der Waals surface area contributed by atoms with E-state index in [1.54, 1.807) is 6.92 Å². The third kappa shape index (κ3) is 3.36. The first-order valence-electron chi connectivity index (χ1n) is 5.54. The second-order valence-electron chi connectivity index (χ2n) is 4.23. The summed E-state index contributed by atoms with van der Waals surface area (Å²) in [5.41, 5.74) is 0.317. The van der Waals surface area contributed by atoms with E-state index in [-0.39, 0.29) is 0 Å². The maximum atomic E-state index is 11.5. The highest BCUT2D eigenvalue weighted by atomic mass is 16.7. The molecule has 0 aromatic rings. The summed E-state index contributed by atoms with van der Waals surface area (Å²) in [6.45, 7) is 6.42. The van der Waals surface area contributed by atoms with Crippen LogP contribution in [0.25, 0.3) is 0 Å². The third-order valence-corrected chi connectivity index (χ3v) is 2.57. The monoisotopic (exact) mass is 226 g/mol. The Morgan fingerprint density at radius 1 is 1.06 bits per heavy atom. The third-order valence-electron chi connectivity index (χ3n) is 2.57. The highest BCUT2D eigenvalue weighted by Gasteiger charge is 2.39. The Hall–Kier alpha value is -1.32. The minimum absolute atomic E-state index is 0.317. The van der Waals surface area contributed by atoms with Crippen LogP contribution in [0, 0.1) is 0 Å². The van der Waals surface area contributed by atoms with Gasteiger partial charge < -0.3 is 9.47 Å². The fraction of sp³-hybridized carbons (Fsp3) is 0.667. The van der Waals surface area contributed by atoms with Crippen LogP contribution < -0.4 is 0 Å². The van der Waals surface area contributed by atoms with Gasteiger partial charge in [-0.1, -0.05) is 13.0 Å². The molecule has 0 bridgehead atoms. The van der Waals surface area contributed by atoms with E-state index >= 15 is 0 Å². The molecular formula is C12H18O4. The molecule has 0 amide bonds. The zero-order valence-corrected chi connectivity index (χ0v) is 9.88. The van der Waals surface area contributed by atoms with Crippen molar-refractivity contribution in [3.63, 3.8) is 0 Å². The van der Waals surface area contributed by atoms with E-state index in [0.29, 0.717) is 18.4 Å². The van der Waals surface area contributed by atoms with E-state index < -0.39 is 17.7 Å². The summed E-state index contributed by atoms with van der Waals surface area (Å²) in [6, 6.07) is 0. The maximum Gasteiger partial charge on any atom is 0.336 e. The van der Waals surface area contributed by atoms with Crippen molar-refractivity contribution >= 4 is 11.9 Å². The summed E-state index contributed by atoms with van der Waals surface area (Å²) in [4.78, 5) is 22.5. The van der Waals surface area contributed by atoms with Crippen LogP contribution in [0.5, 0.6) is 0 Å². The standard InChI is InChI=1S/C12H18O4/c1-9(2)11(14)16-12(15-10(3)13)7-5-4-6-8-12/h1,4-8H2,2-3H3. The lowest BCUT2D eigenvalue weighted by Crippen LogP contribution is -2.41. The van der Waals surface area contributed by atoms with Crippen molar-refractivity contribution in [2.45, 2.75) is 51.7 Å². The highest BCUT2D eigenvalue weighted by molar-refractivity contribution is 5.87. The van der Waals surface area contributed by atoms with Crippen molar-refractivity contribution in [3.8, 4) is 0 Å². The summed E-state index contributed by atoms with van der Waals surface area (Å²) in [5, 5.41) is 0. The number of carbonyl (C=O) groups excluding carboxylic acids is 2. The average Bonchev–Trinajstić information content (AvgIpc) is 2.17. The zero-order chi connectivity index (χ0) is 12.2. The molecule has 1 aliphatic carbocycles. The molecule has 90 valence electrons. The van der Waals surface area contributed by atoms with Crippen molar-refractivity contribution in [2.24, 2.45) is 0 Å². The largest absolute Gasteiger partial charge is 0.423 e. The van der Waals surface area contributed by atoms with E-state index in [1.165, 1.54) is 6.92 Å². The summed E-state index contributed by atoms with van der Waals surface area (Å²) < 4.78 is 10.4. The molecule has 1 fully saturated rings. The number of carbonyl (C=O) groups is 2. The molecule has 0 heterocycles. The maximum absolute atomic E-state index is 11.5. The van der Waals surface area contributed by atoms with Gasteiger partial charge in [-0.15, -0.1) is 0 Å². The molecule has 4 nitrogen and oxygen atoms in total. The van der Waals surface area contributed by atoms with E-state index in [2.05, 4.69) is 6.58 Å². The van der Waals surface area contributed by atoms with E-state index in [1.807, 2.05) is 0 Å². The quantitative estimate of drug-likeness (QED) is 0.421. The minimum atomic E-state index is -1.06. The van der Waals surface area contributed by atoms with Crippen molar-refractivity contribution < 1.29 is 19.1 Å². The van der Waals surface area contributed by atoms with Crippen molar-refractivity contribution in [2.75, 3.05) is 0 Å². The molecular weight excluding hydrogens is 208 g/mol. The van der Waals surface area contributed by atoms with Gasteiger partial charge in [0.25, 0.3) is 5.79 Å². The lowest BCUT2D eigenvalue weighted by molar-refractivity contribution is -0.234. The Bertz CT molecular complexity index is 300. The van der Waals surface area contributed by atoms with Gasteiger partial charge in [0, 0.05) is 25.3 Å². The van der Waals surface area contributed by atoms with Gasteiger partial charge in [0.15, 0.2) is 0 Å². The second-order valence-corrected chi connectivity index (χ2v) is 4.23. The van der Waals surface area contributed by atoms with E-state index in [0.717, 1.165) is 19.3 Å². The molecule has 16 heavy (non-hydrogen) atoms. The molecule has 0 saturated heterocycles. The number of esters is 2. The number of hydrogen-bond donors (Lipinski definition) is 0. The van der Waals surface area contributed by atoms with Crippen LogP contribution in [0.2, 0.25) is 0 Å².